The molecule has 0 aliphatic carbocycles. The summed E-state index contributed by atoms with van der Waals surface area (Å²) in [5, 5.41) is 11.1. The summed E-state index contributed by atoms with van der Waals surface area (Å²) >= 11 is 0. The van der Waals surface area contributed by atoms with Gasteiger partial charge in [0.25, 0.3) is 0 Å². The second-order valence-electron chi connectivity index (χ2n) is 7.02. The molecule has 1 aromatic carbocycles. The van der Waals surface area contributed by atoms with Crippen molar-refractivity contribution in [3.05, 3.63) is 41.3 Å². The molecule has 3 nitrogen and oxygen atoms in total. The Hall–Kier alpha value is 0.123. The molecule has 0 unspecified atom stereocenters. The zero-order chi connectivity index (χ0) is 17.7. The zero-order valence-corrected chi connectivity index (χ0v) is 19.8. The molecule has 0 saturated heterocycles. The van der Waals surface area contributed by atoms with E-state index >= 15 is 0 Å². The Morgan fingerprint density at radius 2 is 1.29 bits per heavy atom. The van der Waals surface area contributed by atoms with Crippen LogP contribution in [0.2, 0.25) is 0 Å². The van der Waals surface area contributed by atoms with Gasteiger partial charge in [-0.25, -0.2) is 5.45 Å². The Balaban J connectivity index is 0.00000529. The molecule has 5 heteroatoms. The topological polar surface area (TPSA) is 28.8 Å². The summed E-state index contributed by atoms with van der Waals surface area (Å²) in [6, 6.07) is 12.3. The molecular weight excluding hydrogens is 392 g/mol. The Kier molecular flexibility index (Phi) is 11.0. The van der Waals surface area contributed by atoms with E-state index in [9.17, 15) is 5.41 Å². The molecule has 0 bridgehead atoms. The van der Waals surface area contributed by atoms with E-state index in [4.69, 9.17) is 0 Å². The minimum absolute atomic E-state index is 0. The molecule has 0 saturated carbocycles. The number of hydrogen-bond acceptors (Lipinski definition) is 2. The zero-order valence-electron chi connectivity index (χ0n) is 16.4. The molecule has 0 aliphatic rings. The fraction of sp³-hybridized carbons (Fsp3) is 0.632. The van der Waals surface area contributed by atoms with Gasteiger partial charge in [0.15, 0.2) is 0 Å². The van der Waals surface area contributed by atoms with Crippen LogP contribution in [0.25, 0.3) is 5.41 Å². The van der Waals surface area contributed by atoms with Crippen LogP contribution < -0.4 is 0 Å². The molecule has 0 N–H and O–H groups in total. The van der Waals surface area contributed by atoms with Crippen LogP contribution in [0.15, 0.2) is 24.3 Å². The van der Waals surface area contributed by atoms with Gasteiger partial charge in [-0.15, -0.1) is 30.3 Å². The minimum atomic E-state index is -0.975. The maximum Gasteiger partial charge on any atom is 2.00 e. The van der Waals surface area contributed by atoms with Crippen molar-refractivity contribution >= 4 is 13.7 Å². The SMILES string of the molecule is CC(C)N(C(C)C)P(C(=[N-])c1[c-]cccc1)N(C(C)C)C(C)C.[Zr+2]. The number of hydrogen-bond donors (Lipinski definition) is 0. The van der Waals surface area contributed by atoms with Gasteiger partial charge in [0.05, 0.1) is 0 Å². The average molecular weight is 425 g/mol. The predicted octanol–water partition coefficient (Wildman–Crippen LogP) is 5.35. The van der Waals surface area contributed by atoms with Crippen molar-refractivity contribution in [2.45, 2.75) is 79.6 Å². The van der Waals surface area contributed by atoms with E-state index in [2.05, 4.69) is 70.8 Å². The maximum atomic E-state index is 11.1. The third-order valence-electron chi connectivity index (χ3n) is 3.69. The molecular formula is C19H32N3PZr. The molecule has 1 rings (SSSR count). The van der Waals surface area contributed by atoms with Gasteiger partial charge in [-0.2, -0.15) is 5.56 Å². The van der Waals surface area contributed by atoms with Crippen LogP contribution in [0, 0.1) is 6.07 Å². The summed E-state index contributed by atoms with van der Waals surface area (Å²) in [7, 11) is -0.975. The summed E-state index contributed by atoms with van der Waals surface area (Å²) in [5.74, 6) is 0. The van der Waals surface area contributed by atoms with E-state index in [1.54, 1.807) is 0 Å². The molecule has 0 spiro atoms. The van der Waals surface area contributed by atoms with Crippen LogP contribution in [0.1, 0.15) is 61.0 Å². The molecule has 0 fully saturated rings. The Morgan fingerprint density at radius 1 is 0.875 bits per heavy atom. The summed E-state index contributed by atoms with van der Waals surface area (Å²) in [6.45, 7) is 17.6. The van der Waals surface area contributed by atoms with Gasteiger partial charge in [0.2, 0.25) is 0 Å². The minimum Gasteiger partial charge on any atom is -0.853 e. The normalized spacial score (nSPS) is 12.1. The summed E-state index contributed by atoms with van der Waals surface area (Å²) in [6.07, 6.45) is 0. The summed E-state index contributed by atoms with van der Waals surface area (Å²) < 4.78 is 4.87. The van der Waals surface area contributed by atoms with Crippen molar-refractivity contribution in [1.29, 1.82) is 0 Å². The molecule has 0 radical (unpaired) electrons. The predicted molar refractivity (Wildman–Crippen MR) is 104 cm³/mol. The Morgan fingerprint density at radius 3 is 1.58 bits per heavy atom. The van der Waals surface area contributed by atoms with E-state index in [0.717, 1.165) is 5.56 Å². The Labute approximate surface area is 169 Å². The van der Waals surface area contributed by atoms with E-state index in [1.807, 2.05) is 24.3 Å². The first-order valence-corrected chi connectivity index (χ1v) is 9.82. The molecule has 132 valence electrons. The Bertz CT molecular complexity index is 453. The van der Waals surface area contributed by atoms with Crippen LogP contribution in [0.4, 0.5) is 0 Å². The van der Waals surface area contributed by atoms with Crippen LogP contribution in [-0.4, -0.2) is 39.0 Å². The van der Waals surface area contributed by atoms with Crippen LogP contribution >= 0.6 is 8.22 Å². The average Bonchev–Trinajstić information content (AvgIpc) is 2.45. The van der Waals surface area contributed by atoms with Gasteiger partial charge in [0.1, 0.15) is 0 Å². The molecule has 0 amide bonds. The molecule has 1 aromatic rings. The van der Waals surface area contributed by atoms with Crippen LogP contribution in [0.3, 0.4) is 0 Å². The fourth-order valence-corrected chi connectivity index (χ4v) is 5.83. The van der Waals surface area contributed by atoms with Crippen LogP contribution in [-0.2, 0) is 26.2 Å². The quantitative estimate of drug-likeness (QED) is 0.320. The van der Waals surface area contributed by atoms with Gasteiger partial charge in [-0.1, -0.05) is 0 Å². The first-order valence-electron chi connectivity index (χ1n) is 8.58. The van der Waals surface area contributed by atoms with Gasteiger partial charge < -0.3 is 5.41 Å². The smallest absolute Gasteiger partial charge is 0.853 e. The van der Waals surface area contributed by atoms with E-state index in [1.165, 1.54) is 0 Å². The molecule has 0 atom stereocenters. The van der Waals surface area contributed by atoms with Crippen molar-refractivity contribution in [2.24, 2.45) is 0 Å². The summed E-state index contributed by atoms with van der Waals surface area (Å²) in [5.41, 5.74) is 1.25. The standard InChI is InChI=1S/C19H32N3P.Zr/c1-14(2)21(15(3)4)23(22(16(5)6)17(7)8)19(20)18-12-10-9-11-13-18;/h9-12,14-17H,1-8H3;/q-2;+2. The van der Waals surface area contributed by atoms with E-state index in [-0.39, 0.29) is 26.2 Å². The maximum absolute atomic E-state index is 11.1. The third kappa shape index (κ3) is 6.13. The monoisotopic (exact) mass is 423 g/mol. The molecule has 0 aliphatic heterocycles. The number of rotatable bonds is 8. The summed E-state index contributed by atoms with van der Waals surface area (Å²) in [4.78, 5) is 0. The van der Waals surface area contributed by atoms with Crippen molar-refractivity contribution in [3.63, 3.8) is 0 Å². The van der Waals surface area contributed by atoms with Crippen molar-refractivity contribution in [2.75, 3.05) is 0 Å². The first kappa shape index (κ1) is 24.1. The second kappa shape index (κ2) is 11.0. The van der Waals surface area contributed by atoms with Gasteiger partial charge in [0, 0.05) is 32.4 Å². The van der Waals surface area contributed by atoms with Crippen molar-refractivity contribution in [1.82, 2.24) is 9.34 Å². The van der Waals surface area contributed by atoms with Gasteiger partial charge in [-0.05, 0) is 55.4 Å². The van der Waals surface area contributed by atoms with Crippen LogP contribution in [0.5, 0.6) is 0 Å². The largest absolute Gasteiger partial charge is 2.00 e. The molecule has 0 aromatic heterocycles. The fourth-order valence-electron chi connectivity index (χ4n) is 3.05. The third-order valence-corrected chi connectivity index (χ3v) is 7.04. The van der Waals surface area contributed by atoms with E-state index in [0.29, 0.717) is 29.6 Å². The van der Waals surface area contributed by atoms with Crippen molar-refractivity contribution < 1.29 is 26.2 Å². The number of benzene rings is 1. The molecule has 0 heterocycles. The second-order valence-corrected chi connectivity index (χ2v) is 8.95. The van der Waals surface area contributed by atoms with Gasteiger partial charge in [-0.3, -0.25) is 9.34 Å². The first-order chi connectivity index (χ1) is 10.7. The molecule has 24 heavy (non-hydrogen) atoms. The van der Waals surface area contributed by atoms with E-state index < -0.39 is 8.22 Å². The van der Waals surface area contributed by atoms with Gasteiger partial charge >= 0.3 is 26.2 Å². The number of nitrogens with zero attached hydrogens (tertiary/aromatic N) is 3. The van der Waals surface area contributed by atoms with Crippen molar-refractivity contribution in [3.8, 4) is 0 Å².